The maximum atomic E-state index is 14.2. The van der Waals surface area contributed by atoms with Crippen molar-refractivity contribution in [2.24, 2.45) is 0 Å². The van der Waals surface area contributed by atoms with Gasteiger partial charge in [-0.25, -0.2) is 9.37 Å². The van der Waals surface area contributed by atoms with Gasteiger partial charge in [-0.3, -0.25) is 0 Å². The average Bonchev–Trinajstić information content (AvgIpc) is 2.69. The lowest BCUT2D eigenvalue weighted by Gasteiger charge is -2.29. The number of aromatic nitrogens is 3. The van der Waals surface area contributed by atoms with Crippen LogP contribution in [0.2, 0.25) is 0 Å². The van der Waals surface area contributed by atoms with E-state index < -0.39 is 0 Å². The Morgan fingerprint density at radius 3 is 2.28 bits per heavy atom. The summed E-state index contributed by atoms with van der Waals surface area (Å²) in [7, 11) is 0. The minimum atomic E-state index is -0.332. The van der Waals surface area contributed by atoms with Crippen LogP contribution >= 0.6 is 0 Å². The van der Waals surface area contributed by atoms with Gasteiger partial charge in [0.2, 0.25) is 0 Å². The van der Waals surface area contributed by atoms with Crippen LogP contribution in [-0.2, 0) is 0 Å². The Balaban J connectivity index is 1.84. The zero-order valence-electron chi connectivity index (χ0n) is 13.9. The molecule has 4 rings (SSSR count). The molecule has 1 fully saturated rings. The highest BCUT2D eigenvalue weighted by molar-refractivity contribution is 5.73. The molecule has 0 saturated carbocycles. The quantitative estimate of drug-likeness (QED) is 0.715. The lowest BCUT2D eigenvalue weighted by Crippen LogP contribution is -2.31. The van der Waals surface area contributed by atoms with E-state index in [1.807, 2.05) is 30.3 Å². The van der Waals surface area contributed by atoms with Crippen molar-refractivity contribution in [1.29, 1.82) is 0 Å². The minimum Gasteiger partial charge on any atom is -0.355 e. The molecule has 0 amide bonds. The molecule has 2 aromatic carbocycles. The van der Waals surface area contributed by atoms with Crippen molar-refractivity contribution >= 4 is 5.82 Å². The SMILES string of the molecule is Fc1ccccc1-c1nnc(-c2ccccc2)c(N2CCCCC2)n1. The first-order valence-electron chi connectivity index (χ1n) is 8.63. The van der Waals surface area contributed by atoms with Crippen molar-refractivity contribution in [2.75, 3.05) is 18.0 Å². The second kappa shape index (κ2) is 6.97. The Bertz CT molecular complexity index is 861. The number of nitrogens with zero attached hydrogens (tertiary/aromatic N) is 4. The molecule has 3 aromatic rings. The normalized spacial score (nSPS) is 14.5. The molecule has 0 N–H and O–H groups in total. The van der Waals surface area contributed by atoms with Crippen molar-refractivity contribution < 1.29 is 4.39 Å². The maximum absolute atomic E-state index is 14.2. The third kappa shape index (κ3) is 3.22. The number of halogens is 1. The molecule has 4 nitrogen and oxygen atoms in total. The summed E-state index contributed by atoms with van der Waals surface area (Å²) < 4.78 is 14.2. The standard InChI is InChI=1S/C20H19FN4/c21-17-12-6-5-11-16(17)19-22-20(25-13-7-2-8-14-25)18(23-24-19)15-9-3-1-4-10-15/h1,3-6,9-12H,2,7-8,13-14H2. The number of anilines is 1. The lowest BCUT2D eigenvalue weighted by atomic mass is 10.1. The van der Waals surface area contributed by atoms with Crippen LogP contribution < -0.4 is 4.90 Å². The predicted molar refractivity (Wildman–Crippen MR) is 96.7 cm³/mol. The van der Waals surface area contributed by atoms with Gasteiger partial charge in [0.1, 0.15) is 11.5 Å². The highest BCUT2D eigenvalue weighted by Crippen LogP contribution is 2.30. The first-order chi connectivity index (χ1) is 12.3. The molecule has 1 saturated heterocycles. The lowest BCUT2D eigenvalue weighted by molar-refractivity contribution is 0.572. The van der Waals surface area contributed by atoms with E-state index in [4.69, 9.17) is 4.98 Å². The monoisotopic (exact) mass is 334 g/mol. The molecule has 0 atom stereocenters. The van der Waals surface area contributed by atoms with Crippen molar-refractivity contribution in [3.63, 3.8) is 0 Å². The van der Waals surface area contributed by atoms with Gasteiger partial charge in [-0.15, -0.1) is 10.2 Å². The Hall–Kier alpha value is -2.82. The Morgan fingerprint density at radius 2 is 1.52 bits per heavy atom. The fraction of sp³-hybridized carbons (Fsp3) is 0.250. The smallest absolute Gasteiger partial charge is 0.186 e. The van der Waals surface area contributed by atoms with Gasteiger partial charge in [0.15, 0.2) is 11.6 Å². The molecule has 126 valence electrons. The van der Waals surface area contributed by atoms with Gasteiger partial charge in [-0.05, 0) is 31.4 Å². The Labute approximate surface area is 146 Å². The first-order valence-corrected chi connectivity index (χ1v) is 8.63. The van der Waals surface area contributed by atoms with Gasteiger partial charge in [0.05, 0.1) is 5.56 Å². The van der Waals surface area contributed by atoms with Crippen LogP contribution in [0.3, 0.4) is 0 Å². The number of hydrogen-bond donors (Lipinski definition) is 0. The van der Waals surface area contributed by atoms with Gasteiger partial charge in [0, 0.05) is 18.7 Å². The van der Waals surface area contributed by atoms with Crippen LogP contribution in [0.4, 0.5) is 10.2 Å². The second-order valence-electron chi connectivity index (χ2n) is 6.20. The summed E-state index contributed by atoms with van der Waals surface area (Å²) in [5, 5.41) is 8.63. The van der Waals surface area contributed by atoms with Crippen molar-refractivity contribution in [1.82, 2.24) is 15.2 Å². The van der Waals surface area contributed by atoms with E-state index in [9.17, 15) is 4.39 Å². The van der Waals surface area contributed by atoms with E-state index in [0.29, 0.717) is 11.4 Å². The molecule has 1 aromatic heterocycles. The fourth-order valence-electron chi connectivity index (χ4n) is 3.18. The number of hydrogen-bond acceptors (Lipinski definition) is 4. The van der Waals surface area contributed by atoms with Crippen molar-refractivity contribution in [3.05, 3.63) is 60.4 Å². The highest BCUT2D eigenvalue weighted by atomic mass is 19.1. The highest BCUT2D eigenvalue weighted by Gasteiger charge is 2.21. The average molecular weight is 334 g/mol. The van der Waals surface area contributed by atoms with Crippen molar-refractivity contribution in [3.8, 4) is 22.6 Å². The van der Waals surface area contributed by atoms with Crippen LogP contribution in [0.5, 0.6) is 0 Å². The summed E-state index contributed by atoms with van der Waals surface area (Å²) in [5.41, 5.74) is 2.11. The first kappa shape index (κ1) is 15.7. The van der Waals surface area contributed by atoms with E-state index in [0.717, 1.165) is 43.0 Å². The molecule has 25 heavy (non-hydrogen) atoms. The molecule has 0 aliphatic carbocycles. The second-order valence-corrected chi connectivity index (χ2v) is 6.20. The van der Waals surface area contributed by atoms with E-state index >= 15 is 0 Å². The van der Waals surface area contributed by atoms with Crippen LogP contribution in [0, 0.1) is 5.82 Å². The Morgan fingerprint density at radius 1 is 0.800 bits per heavy atom. The van der Waals surface area contributed by atoms with Gasteiger partial charge >= 0.3 is 0 Å². The summed E-state index contributed by atoms with van der Waals surface area (Å²) in [6.45, 7) is 1.88. The zero-order chi connectivity index (χ0) is 17.1. The fourth-order valence-corrected chi connectivity index (χ4v) is 3.18. The molecule has 0 unspecified atom stereocenters. The third-order valence-corrected chi connectivity index (χ3v) is 4.49. The summed E-state index contributed by atoms with van der Waals surface area (Å²) >= 11 is 0. The molecule has 0 bridgehead atoms. The summed E-state index contributed by atoms with van der Waals surface area (Å²) in [4.78, 5) is 6.96. The molecule has 1 aliphatic rings. The largest absolute Gasteiger partial charge is 0.355 e. The van der Waals surface area contributed by atoms with E-state index in [1.54, 1.807) is 18.2 Å². The molecule has 0 radical (unpaired) electrons. The summed E-state index contributed by atoms with van der Waals surface area (Å²) in [6, 6.07) is 16.5. The van der Waals surface area contributed by atoms with Crippen LogP contribution in [-0.4, -0.2) is 28.3 Å². The van der Waals surface area contributed by atoms with Gasteiger partial charge in [-0.2, -0.15) is 0 Å². The van der Waals surface area contributed by atoms with Gasteiger partial charge in [0.25, 0.3) is 0 Å². The minimum absolute atomic E-state index is 0.332. The van der Waals surface area contributed by atoms with E-state index in [2.05, 4.69) is 15.1 Å². The summed E-state index contributed by atoms with van der Waals surface area (Å²) in [5.74, 6) is 0.791. The van der Waals surface area contributed by atoms with E-state index in [1.165, 1.54) is 12.5 Å². The van der Waals surface area contributed by atoms with E-state index in [-0.39, 0.29) is 5.82 Å². The molecule has 1 aliphatic heterocycles. The van der Waals surface area contributed by atoms with Crippen LogP contribution in [0.1, 0.15) is 19.3 Å². The molecule has 5 heteroatoms. The Kier molecular flexibility index (Phi) is 4.37. The summed E-state index contributed by atoms with van der Waals surface area (Å²) in [6.07, 6.45) is 3.50. The topological polar surface area (TPSA) is 41.9 Å². The van der Waals surface area contributed by atoms with Crippen LogP contribution in [0.25, 0.3) is 22.6 Å². The maximum Gasteiger partial charge on any atom is 0.186 e. The molecule has 0 spiro atoms. The number of benzene rings is 2. The molecular weight excluding hydrogens is 315 g/mol. The number of rotatable bonds is 3. The molecular formula is C20H19FN4. The zero-order valence-corrected chi connectivity index (χ0v) is 13.9. The van der Waals surface area contributed by atoms with Gasteiger partial charge < -0.3 is 4.90 Å². The van der Waals surface area contributed by atoms with Gasteiger partial charge in [-0.1, -0.05) is 42.5 Å². The molecule has 2 heterocycles. The van der Waals surface area contributed by atoms with Crippen molar-refractivity contribution in [2.45, 2.75) is 19.3 Å². The number of piperidine rings is 1. The van der Waals surface area contributed by atoms with Crippen LogP contribution in [0.15, 0.2) is 54.6 Å². The third-order valence-electron chi connectivity index (χ3n) is 4.49. The predicted octanol–water partition coefficient (Wildman–Crippen LogP) is 4.34.